The van der Waals surface area contributed by atoms with Crippen molar-refractivity contribution in [1.29, 1.82) is 0 Å². The molecule has 3 amide bonds. The van der Waals surface area contributed by atoms with Crippen LogP contribution in [0.3, 0.4) is 0 Å². The van der Waals surface area contributed by atoms with Gasteiger partial charge in [0.1, 0.15) is 6.29 Å². The predicted octanol–water partition coefficient (Wildman–Crippen LogP) is 0.768. The molecule has 0 bridgehead atoms. The Hall–Kier alpha value is -1.59. The first-order valence-corrected chi connectivity index (χ1v) is 6.97. The van der Waals surface area contributed by atoms with Crippen LogP contribution in [0.1, 0.15) is 33.6 Å². The van der Waals surface area contributed by atoms with E-state index < -0.39 is 12.1 Å². The monoisotopic (exact) mass is 283 g/mol. The van der Waals surface area contributed by atoms with Gasteiger partial charge in [-0.05, 0) is 24.2 Å². The van der Waals surface area contributed by atoms with E-state index in [0.717, 1.165) is 6.54 Å². The summed E-state index contributed by atoms with van der Waals surface area (Å²) in [4.78, 5) is 36.0. The first kappa shape index (κ1) is 16.5. The summed E-state index contributed by atoms with van der Waals surface area (Å²) < 4.78 is 0. The molecule has 1 atom stereocenters. The lowest BCUT2D eigenvalue weighted by Crippen LogP contribution is -2.50. The van der Waals surface area contributed by atoms with Crippen molar-refractivity contribution in [3.8, 4) is 0 Å². The number of urea groups is 1. The maximum atomic E-state index is 11.8. The number of aldehydes is 1. The summed E-state index contributed by atoms with van der Waals surface area (Å²) in [5.74, 6) is 0.503. The number of likely N-dealkylation sites (N-methyl/N-ethyl adjacent to an activating group) is 1. The van der Waals surface area contributed by atoms with E-state index in [1.165, 1.54) is 12.8 Å². The third kappa shape index (κ3) is 5.59. The minimum absolute atomic E-state index is 0.0508. The van der Waals surface area contributed by atoms with Crippen molar-refractivity contribution in [2.45, 2.75) is 39.7 Å². The van der Waals surface area contributed by atoms with Crippen LogP contribution in [0, 0.1) is 11.3 Å². The summed E-state index contributed by atoms with van der Waals surface area (Å²) >= 11 is 0. The van der Waals surface area contributed by atoms with Gasteiger partial charge in [-0.2, -0.15) is 0 Å². The Morgan fingerprint density at radius 2 is 1.95 bits per heavy atom. The lowest BCUT2D eigenvalue weighted by molar-refractivity contribution is -0.129. The Kier molecular flexibility index (Phi) is 5.53. The first-order valence-electron chi connectivity index (χ1n) is 6.97. The van der Waals surface area contributed by atoms with Crippen molar-refractivity contribution in [2.24, 2.45) is 11.3 Å². The molecule has 1 unspecified atom stereocenters. The molecule has 0 aromatic rings. The van der Waals surface area contributed by atoms with Gasteiger partial charge in [-0.25, -0.2) is 4.79 Å². The highest BCUT2D eigenvalue weighted by atomic mass is 16.2. The lowest BCUT2D eigenvalue weighted by atomic mass is 9.88. The molecular weight excluding hydrogens is 258 g/mol. The summed E-state index contributed by atoms with van der Waals surface area (Å²) in [6.45, 7) is 6.29. The van der Waals surface area contributed by atoms with Gasteiger partial charge in [-0.3, -0.25) is 4.79 Å². The Morgan fingerprint density at radius 1 is 1.35 bits per heavy atom. The summed E-state index contributed by atoms with van der Waals surface area (Å²) in [5, 5.41) is 5.06. The fourth-order valence-corrected chi connectivity index (χ4v) is 1.73. The molecule has 20 heavy (non-hydrogen) atoms. The Balaban J connectivity index is 2.31. The minimum atomic E-state index is -0.582. The Morgan fingerprint density at radius 3 is 2.40 bits per heavy atom. The molecule has 1 aliphatic carbocycles. The molecule has 0 aliphatic heterocycles. The fourth-order valence-electron chi connectivity index (χ4n) is 1.73. The minimum Gasteiger partial charge on any atom is -0.344 e. The standard InChI is InChI=1S/C14H25N3O3/c1-14(2,3)11(9-18)16-13(20)15-7-12(19)17(4)8-10-5-6-10/h9-11H,5-8H2,1-4H3,(H2,15,16,20). The lowest BCUT2D eigenvalue weighted by Gasteiger charge is -2.26. The molecule has 0 heterocycles. The van der Waals surface area contributed by atoms with Crippen molar-refractivity contribution in [1.82, 2.24) is 15.5 Å². The van der Waals surface area contributed by atoms with Crippen LogP contribution in [0.5, 0.6) is 0 Å². The maximum absolute atomic E-state index is 11.8. The van der Waals surface area contributed by atoms with Crippen LogP contribution in [0.25, 0.3) is 0 Å². The van der Waals surface area contributed by atoms with E-state index >= 15 is 0 Å². The normalized spacial score (nSPS) is 16.2. The van der Waals surface area contributed by atoms with Crippen molar-refractivity contribution in [3.05, 3.63) is 0 Å². The van der Waals surface area contributed by atoms with E-state index in [1.807, 2.05) is 20.8 Å². The van der Waals surface area contributed by atoms with Gasteiger partial charge in [0.25, 0.3) is 0 Å². The van der Waals surface area contributed by atoms with Gasteiger partial charge in [0.05, 0.1) is 12.6 Å². The second-order valence-corrected chi connectivity index (χ2v) is 6.52. The molecule has 0 spiro atoms. The molecule has 1 fully saturated rings. The van der Waals surface area contributed by atoms with Gasteiger partial charge in [-0.1, -0.05) is 20.8 Å². The zero-order valence-electron chi connectivity index (χ0n) is 12.7. The van der Waals surface area contributed by atoms with Gasteiger partial charge < -0.3 is 20.3 Å². The average molecular weight is 283 g/mol. The summed E-state index contributed by atoms with van der Waals surface area (Å²) in [6, 6.07) is -1.08. The van der Waals surface area contributed by atoms with Crippen LogP contribution in [0.4, 0.5) is 4.79 Å². The molecule has 1 saturated carbocycles. The number of nitrogens with zero attached hydrogens (tertiary/aromatic N) is 1. The number of rotatable bonds is 6. The van der Waals surface area contributed by atoms with Crippen molar-refractivity contribution < 1.29 is 14.4 Å². The summed E-state index contributed by atoms with van der Waals surface area (Å²) in [6.07, 6.45) is 3.07. The zero-order valence-corrected chi connectivity index (χ0v) is 12.7. The molecule has 114 valence electrons. The molecule has 6 nitrogen and oxygen atoms in total. The second kappa shape index (κ2) is 6.72. The quantitative estimate of drug-likeness (QED) is 0.707. The Bertz CT molecular complexity index is 372. The van der Waals surface area contributed by atoms with E-state index in [-0.39, 0.29) is 17.9 Å². The smallest absolute Gasteiger partial charge is 0.315 e. The van der Waals surface area contributed by atoms with E-state index in [2.05, 4.69) is 10.6 Å². The van der Waals surface area contributed by atoms with Crippen molar-refractivity contribution in [2.75, 3.05) is 20.1 Å². The molecule has 2 N–H and O–H groups in total. The van der Waals surface area contributed by atoms with Crippen molar-refractivity contribution >= 4 is 18.2 Å². The number of nitrogens with one attached hydrogen (secondary N) is 2. The molecule has 0 saturated heterocycles. The molecule has 1 aliphatic rings. The number of carbonyl (C=O) groups excluding carboxylic acids is 3. The molecular formula is C14H25N3O3. The van der Waals surface area contributed by atoms with Gasteiger partial charge in [0.15, 0.2) is 0 Å². The molecule has 0 aromatic carbocycles. The largest absolute Gasteiger partial charge is 0.344 e. The highest BCUT2D eigenvalue weighted by Crippen LogP contribution is 2.29. The number of amides is 3. The topological polar surface area (TPSA) is 78.5 Å². The Labute approximate surface area is 120 Å². The van der Waals surface area contributed by atoms with Crippen LogP contribution >= 0.6 is 0 Å². The van der Waals surface area contributed by atoms with E-state index in [0.29, 0.717) is 12.2 Å². The van der Waals surface area contributed by atoms with E-state index in [4.69, 9.17) is 0 Å². The van der Waals surface area contributed by atoms with E-state index in [1.54, 1.807) is 11.9 Å². The second-order valence-electron chi connectivity index (χ2n) is 6.52. The first-order chi connectivity index (χ1) is 9.24. The maximum Gasteiger partial charge on any atom is 0.315 e. The molecule has 6 heteroatoms. The van der Waals surface area contributed by atoms with Gasteiger partial charge in [0.2, 0.25) is 5.91 Å². The number of hydrogen-bond acceptors (Lipinski definition) is 3. The van der Waals surface area contributed by atoms with Gasteiger partial charge in [-0.15, -0.1) is 0 Å². The molecule has 1 rings (SSSR count). The zero-order chi connectivity index (χ0) is 15.3. The van der Waals surface area contributed by atoms with Gasteiger partial charge in [0, 0.05) is 13.6 Å². The highest BCUT2D eigenvalue weighted by molar-refractivity contribution is 5.85. The number of hydrogen-bond donors (Lipinski definition) is 2. The third-order valence-corrected chi connectivity index (χ3v) is 3.41. The van der Waals surface area contributed by atoms with Gasteiger partial charge >= 0.3 is 6.03 Å². The highest BCUT2D eigenvalue weighted by Gasteiger charge is 2.27. The van der Waals surface area contributed by atoms with Crippen LogP contribution in [0.2, 0.25) is 0 Å². The van der Waals surface area contributed by atoms with Crippen LogP contribution in [0.15, 0.2) is 0 Å². The van der Waals surface area contributed by atoms with Crippen molar-refractivity contribution in [3.63, 3.8) is 0 Å². The molecule has 0 aromatic heterocycles. The predicted molar refractivity (Wildman–Crippen MR) is 76.2 cm³/mol. The number of carbonyl (C=O) groups is 3. The summed E-state index contributed by atoms with van der Waals surface area (Å²) in [7, 11) is 1.74. The van der Waals surface area contributed by atoms with Crippen LogP contribution in [-0.4, -0.2) is 49.3 Å². The average Bonchev–Trinajstić information content (AvgIpc) is 3.15. The molecule has 0 radical (unpaired) electrons. The van der Waals surface area contributed by atoms with Crippen LogP contribution in [-0.2, 0) is 9.59 Å². The third-order valence-electron chi connectivity index (χ3n) is 3.41. The fraction of sp³-hybridized carbons (Fsp3) is 0.786. The summed E-state index contributed by atoms with van der Waals surface area (Å²) in [5.41, 5.74) is -0.355. The van der Waals surface area contributed by atoms with Crippen LogP contribution < -0.4 is 10.6 Å². The SMILES string of the molecule is CN(CC1CC1)C(=O)CNC(=O)NC(C=O)C(C)(C)C. The van der Waals surface area contributed by atoms with E-state index in [9.17, 15) is 14.4 Å².